The van der Waals surface area contributed by atoms with Crippen LogP contribution in [0.3, 0.4) is 0 Å². The molecule has 166 valence electrons. The molecule has 2 aliphatic rings. The van der Waals surface area contributed by atoms with Gasteiger partial charge in [0.05, 0.1) is 21.9 Å². The number of nitro benzene ring substituents is 1. The third kappa shape index (κ3) is 3.27. The Bertz CT molecular complexity index is 1280. The van der Waals surface area contributed by atoms with E-state index in [1.165, 1.54) is 11.1 Å². The Balaban J connectivity index is 1.64. The van der Waals surface area contributed by atoms with Crippen molar-refractivity contribution in [1.29, 1.82) is 0 Å². The molecular weight excluding hydrogens is 422 g/mol. The second-order valence-corrected chi connectivity index (χ2v) is 8.28. The molecule has 8 nitrogen and oxygen atoms in total. The minimum Gasteiger partial charge on any atom is -0.273 e. The number of amides is 2. The van der Waals surface area contributed by atoms with Crippen LogP contribution in [-0.2, 0) is 14.4 Å². The summed E-state index contributed by atoms with van der Waals surface area (Å²) >= 11 is 0. The summed E-state index contributed by atoms with van der Waals surface area (Å²) in [4.78, 5) is 45.7. The molecule has 0 unspecified atom stereocenters. The number of aryl methyl sites for hydroxylation is 2. The first-order chi connectivity index (χ1) is 15.9. The summed E-state index contributed by atoms with van der Waals surface area (Å²) < 4.78 is 0. The standard InChI is InChI=1S/C25H21N3O5/c1-15-12-13-19(16(2)14-15)26-24(29)21-22(18-10-6-7-11-20(18)28(31)32)27(33-23(21)25(26)30)17-8-4-3-5-9-17/h3-14,21-23H,1-2H3/t21-,22-,23+/m1/s1. The molecule has 2 heterocycles. The van der Waals surface area contributed by atoms with Gasteiger partial charge in [-0.1, -0.05) is 48.0 Å². The maximum atomic E-state index is 13.7. The Morgan fingerprint density at radius 2 is 1.61 bits per heavy atom. The Labute approximate surface area is 190 Å². The molecule has 3 atom stereocenters. The minimum absolute atomic E-state index is 0.127. The third-order valence-electron chi connectivity index (χ3n) is 6.17. The highest BCUT2D eigenvalue weighted by Gasteiger charge is 2.61. The number of carbonyl (C=O) groups is 2. The van der Waals surface area contributed by atoms with Crippen molar-refractivity contribution in [3.63, 3.8) is 0 Å². The number of hydrogen-bond donors (Lipinski definition) is 0. The lowest BCUT2D eigenvalue weighted by molar-refractivity contribution is -0.385. The Kier molecular flexibility index (Phi) is 4.94. The fourth-order valence-electron chi connectivity index (χ4n) is 4.73. The van der Waals surface area contributed by atoms with Crippen molar-refractivity contribution in [3.8, 4) is 0 Å². The SMILES string of the molecule is Cc1ccc(N2C(=O)[C@H]3[C@H](ON(c4ccccc4)[C@@H]3c3ccccc3[N+](=O)[O-])C2=O)c(C)c1. The van der Waals surface area contributed by atoms with E-state index in [1.54, 1.807) is 48.5 Å². The fraction of sp³-hybridized carbons (Fsp3) is 0.200. The number of hydrogen-bond acceptors (Lipinski definition) is 6. The largest absolute Gasteiger partial charge is 0.274 e. The average molecular weight is 443 g/mol. The summed E-state index contributed by atoms with van der Waals surface area (Å²) in [6, 6.07) is 19.9. The smallest absolute Gasteiger partial charge is 0.273 e. The van der Waals surface area contributed by atoms with Gasteiger partial charge in [0.25, 0.3) is 11.6 Å². The summed E-state index contributed by atoms with van der Waals surface area (Å²) in [5.74, 6) is -1.84. The van der Waals surface area contributed by atoms with Gasteiger partial charge in [-0.05, 0) is 43.7 Å². The lowest BCUT2D eigenvalue weighted by Crippen LogP contribution is -2.37. The highest BCUT2D eigenvalue weighted by Crippen LogP contribution is 2.49. The number of nitrogens with zero attached hydrogens (tertiary/aromatic N) is 3. The van der Waals surface area contributed by atoms with Crippen molar-refractivity contribution < 1.29 is 19.3 Å². The highest BCUT2D eigenvalue weighted by atomic mass is 16.7. The molecule has 3 aromatic carbocycles. The molecular formula is C25H21N3O5. The van der Waals surface area contributed by atoms with E-state index in [4.69, 9.17) is 4.84 Å². The van der Waals surface area contributed by atoms with E-state index in [0.29, 0.717) is 16.9 Å². The number of benzene rings is 3. The first kappa shape index (κ1) is 20.8. The van der Waals surface area contributed by atoms with Crippen LogP contribution in [0.1, 0.15) is 22.7 Å². The first-order valence-electron chi connectivity index (χ1n) is 10.6. The van der Waals surface area contributed by atoms with Crippen molar-refractivity contribution in [2.75, 3.05) is 9.96 Å². The lowest BCUT2D eigenvalue weighted by Gasteiger charge is -2.28. The van der Waals surface area contributed by atoms with Crippen LogP contribution in [0.5, 0.6) is 0 Å². The number of imide groups is 1. The quantitative estimate of drug-likeness (QED) is 0.340. The van der Waals surface area contributed by atoms with E-state index in [2.05, 4.69) is 0 Å². The third-order valence-corrected chi connectivity index (χ3v) is 6.17. The summed E-state index contributed by atoms with van der Waals surface area (Å²) in [5, 5.41) is 13.3. The summed E-state index contributed by atoms with van der Waals surface area (Å²) in [6.07, 6.45) is -1.08. The molecule has 8 heteroatoms. The fourth-order valence-corrected chi connectivity index (χ4v) is 4.73. The normalized spacial score (nSPS) is 22.1. The second-order valence-electron chi connectivity index (χ2n) is 8.28. The van der Waals surface area contributed by atoms with Crippen LogP contribution in [0.4, 0.5) is 17.1 Å². The summed E-state index contributed by atoms with van der Waals surface area (Å²) in [5.41, 5.74) is 3.11. The Morgan fingerprint density at radius 3 is 2.30 bits per heavy atom. The molecule has 33 heavy (non-hydrogen) atoms. The Morgan fingerprint density at radius 1 is 0.909 bits per heavy atom. The Hall–Kier alpha value is -4.04. The van der Waals surface area contributed by atoms with Gasteiger partial charge < -0.3 is 0 Å². The van der Waals surface area contributed by atoms with Crippen LogP contribution in [0.25, 0.3) is 0 Å². The molecule has 0 spiro atoms. The maximum absolute atomic E-state index is 13.7. The number of hydroxylamine groups is 1. The highest BCUT2D eigenvalue weighted by molar-refractivity contribution is 6.24. The van der Waals surface area contributed by atoms with Crippen LogP contribution in [0.2, 0.25) is 0 Å². The molecule has 0 aliphatic carbocycles. The molecule has 3 aromatic rings. The number of nitro groups is 1. The molecule has 2 saturated heterocycles. The van der Waals surface area contributed by atoms with Gasteiger partial charge in [-0.15, -0.1) is 0 Å². The lowest BCUT2D eigenvalue weighted by atomic mass is 9.89. The van der Waals surface area contributed by atoms with Crippen molar-refractivity contribution in [2.45, 2.75) is 26.0 Å². The zero-order chi connectivity index (χ0) is 23.3. The number of carbonyl (C=O) groups excluding carboxylic acids is 2. The number of para-hydroxylation sites is 2. The predicted octanol–water partition coefficient (Wildman–Crippen LogP) is 4.26. The van der Waals surface area contributed by atoms with Crippen LogP contribution in [0, 0.1) is 29.9 Å². The average Bonchev–Trinajstić information content (AvgIpc) is 3.31. The van der Waals surface area contributed by atoms with Gasteiger partial charge in [0.1, 0.15) is 12.0 Å². The van der Waals surface area contributed by atoms with E-state index in [-0.39, 0.29) is 5.69 Å². The van der Waals surface area contributed by atoms with Crippen molar-refractivity contribution in [3.05, 3.63) is 99.6 Å². The predicted molar refractivity (Wildman–Crippen MR) is 122 cm³/mol. The van der Waals surface area contributed by atoms with Gasteiger partial charge in [-0.25, -0.2) is 9.96 Å². The number of anilines is 2. The minimum atomic E-state index is -1.08. The number of fused-ring (bicyclic) bond motifs is 1. The first-order valence-corrected chi connectivity index (χ1v) is 10.6. The maximum Gasteiger partial charge on any atom is 0.274 e. The summed E-state index contributed by atoms with van der Waals surface area (Å²) in [7, 11) is 0. The van der Waals surface area contributed by atoms with Crippen LogP contribution in [0.15, 0.2) is 72.8 Å². The monoisotopic (exact) mass is 443 g/mol. The van der Waals surface area contributed by atoms with Crippen molar-refractivity contribution >= 4 is 28.9 Å². The van der Waals surface area contributed by atoms with Gasteiger partial charge in [-0.2, -0.15) is 0 Å². The van der Waals surface area contributed by atoms with Crippen molar-refractivity contribution in [2.24, 2.45) is 5.92 Å². The van der Waals surface area contributed by atoms with E-state index in [9.17, 15) is 19.7 Å². The van der Waals surface area contributed by atoms with Gasteiger partial charge in [-0.3, -0.25) is 24.5 Å². The van der Waals surface area contributed by atoms with Gasteiger partial charge in [0.15, 0.2) is 6.10 Å². The van der Waals surface area contributed by atoms with Crippen molar-refractivity contribution in [1.82, 2.24) is 0 Å². The molecule has 0 bridgehead atoms. The topological polar surface area (TPSA) is 93.0 Å². The van der Waals surface area contributed by atoms with E-state index >= 15 is 0 Å². The molecule has 2 amide bonds. The van der Waals surface area contributed by atoms with Crippen LogP contribution in [-0.4, -0.2) is 22.8 Å². The zero-order valence-corrected chi connectivity index (χ0v) is 18.0. The van der Waals surface area contributed by atoms with Crippen LogP contribution < -0.4 is 9.96 Å². The molecule has 2 fully saturated rings. The summed E-state index contributed by atoms with van der Waals surface area (Å²) in [6.45, 7) is 3.78. The molecule has 0 aromatic heterocycles. The molecule has 0 N–H and O–H groups in total. The number of rotatable bonds is 4. The second kappa shape index (κ2) is 7.83. The molecule has 0 saturated carbocycles. The van der Waals surface area contributed by atoms with E-state index in [1.807, 2.05) is 32.0 Å². The van der Waals surface area contributed by atoms with Gasteiger partial charge in [0, 0.05) is 6.07 Å². The van der Waals surface area contributed by atoms with Gasteiger partial charge in [0.2, 0.25) is 5.91 Å². The van der Waals surface area contributed by atoms with E-state index in [0.717, 1.165) is 16.0 Å². The van der Waals surface area contributed by atoms with E-state index < -0.39 is 34.8 Å². The molecule has 0 radical (unpaired) electrons. The zero-order valence-electron chi connectivity index (χ0n) is 18.0. The molecule has 5 rings (SSSR count). The van der Waals surface area contributed by atoms with Gasteiger partial charge >= 0.3 is 0 Å². The molecule has 2 aliphatic heterocycles. The van der Waals surface area contributed by atoms with Crippen LogP contribution >= 0.6 is 0 Å².